The predicted molar refractivity (Wildman–Crippen MR) is 74.9 cm³/mol. The molecule has 0 fully saturated rings. The van der Waals surface area contributed by atoms with Crippen LogP contribution in [0.5, 0.6) is 5.75 Å². The van der Waals surface area contributed by atoms with Gasteiger partial charge in [0.1, 0.15) is 25.7 Å². The lowest BCUT2D eigenvalue weighted by atomic mass is 9.73. The normalized spacial score (nSPS) is 19.8. The highest BCUT2D eigenvalue weighted by atomic mass is 16.5. The topological polar surface area (TPSA) is 46.5 Å². The maximum Gasteiger partial charge on any atom is 0.184 e. The molecule has 1 aromatic carbocycles. The van der Waals surface area contributed by atoms with E-state index < -0.39 is 6.61 Å². The van der Waals surface area contributed by atoms with Crippen molar-refractivity contribution in [2.75, 3.05) is 6.61 Å². The molecule has 1 aliphatic carbocycles. The smallest absolute Gasteiger partial charge is 0.184 e. The summed E-state index contributed by atoms with van der Waals surface area (Å²) in [4.78, 5) is 11.5. The van der Waals surface area contributed by atoms with Gasteiger partial charge < -0.3 is 9.84 Å². The quantitative estimate of drug-likeness (QED) is 0.820. The molecule has 2 aliphatic rings. The van der Waals surface area contributed by atoms with Crippen molar-refractivity contribution in [3.05, 3.63) is 41.5 Å². The van der Waals surface area contributed by atoms with E-state index in [0.717, 1.165) is 22.3 Å². The molecule has 1 radical (unpaired) electrons. The van der Waals surface area contributed by atoms with Crippen LogP contribution >= 0.6 is 0 Å². The van der Waals surface area contributed by atoms with Crippen LogP contribution in [0.15, 0.2) is 35.9 Å². The zero-order valence-corrected chi connectivity index (χ0v) is 10.7. The number of aliphatic hydroxyl groups excluding tert-OH is 1. The lowest BCUT2D eigenvalue weighted by molar-refractivity contribution is -0.118. The van der Waals surface area contributed by atoms with Crippen molar-refractivity contribution in [1.82, 2.24) is 0 Å². The Morgan fingerprint density at radius 1 is 1.47 bits per heavy atom. The number of benzene rings is 1. The summed E-state index contributed by atoms with van der Waals surface area (Å²) in [5.74, 6) is 0.649. The third-order valence-corrected chi connectivity index (χ3v) is 3.64. The zero-order valence-electron chi connectivity index (χ0n) is 10.7. The second kappa shape index (κ2) is 4.70. The summed E-state index contributed by atoms with van der Waals surface area (Å²) in [6.45, 7) is 1.55. The van der Waals surface area contributed by atoms with Gasteiger partial charge in [-0.2, -0.15) is 0 Å². The van der Waals surface area contributed by atoms with E-state index >= 15 is 0 Å². The molecule has 1 unspecified atom stereocenters. The van der Waals surface area contributed by atoms with Crippen molar-refractivity contribution in [2.45, 2.75) is 19.3 Å². The van der Waals surface area contributed by atoms with E-state index in [-0.39, 0.29) is 11.9 Å². The van der Waals surface area contributed by atoms with Crippen LogP contribution in [-0.2, 0) is 4.79 Å². The van der Waals surface area contributed by atoms with Crippen LogP contribution in [0.4, 0.5) is 0 Å². The number of ketones is 1. The Morgan fingerprint density at radius 2 is 2.32 bits per heavy atom. The molecule has 0 saturated heterocycles. The summed E-state index contributed by atoms with van der Waals surface area (Å²) in [6.07, 6.45) is 4.16. The highest BCUT2D eigenvalue weighted by Gasteiger charge is 2.32. The molecule has 1 atom stereocenters. The van der Waals surface area contributed by atoms with Gasteiger partial charge in [0.15, 0.2) is 5.78 Å². The van der Waals surface area contributed by atoms with Gasteiger partial charge in [0.25, 0.3) is 0 Å². The molecule has 3 nitrogen and oxygen atoms in total. The zero-order chi connectivity index (χ0) is 13.4. The molecular weight excluding hydrogens is 239 g/mol. The number of ether oxygens (including phenoxy) is 1. The highest BCUT2D eigenvalue weighted by Crippen LogP contribution is 2.41. The van der Waals surface area contributed by atoms with Crippen LogP contribution in [0, 0.1) is 0 Å². The molecular formula is C15H14BO3. The van der Waals surface area contributed by atoms with Gasteiger partial charge in [0.2, 0.25) is 0 Å². The van der Waals surface area contributed by atoms with E-state index in [0.29, 0.717) is 12.0 Å². The van der Waals surface area contributed by atoms with Gasteiger partial charge >= 0.3 is 0 Å². The molecule has 0 aromatic heterocycles. The maximum atomic E-state index is 11.5. The predicted octanol–water partition coefficient (Wildman–Crippen LogP) is 1.10. The summed E-state index contributed by atoms with van der Waals surface area (Å²) in [7, 11) is 2.03. The minimum absolute atomic E-state index is 0.0994. The van der Waals surface area contributed by atoms with Crippen LogP contribution in [-0.4, -0.2) is 30.9 Å². The molecule has 1 aromatic rings. The number of rotatable bonds is 3. The van der Waals surface area contributed by atoms with Crippen LogP contribution in [0.1, 0.15) is 12.0 Å². The van der Waals surface area contributed by atoms with Crippen LogP contribution < -0.4 is 10.2 Å². The van der Waals surface area contributed by atoms with E-state index in [4.69, 9.17) is 9.84 Å². The minimum Gasteiger partial charge on any atom is -0.485 e. The van der Waals surface area contributed by atoms with Gasteiger partial charge in [-0.25, -0.2) is 0 Å². The first-order chi connectivity index (χ1) is 9.22. The van der Waals surface area contributed by atoms with E-state index in [2.05, 4.69) is 12.1 Å². The summed E-state index contributed by atoms with van der Waals surface area (Å²) >= 11 is 0. The van der Waals surface area contributed by atoms with Crippen LogP contribution in [0.2, 0.25) is 6.82 Å². The van der Waals surface area contributed by atoms with Gasteiger partial charge in [-0.05, 0) is 6.07 Å². The van der Waals surface area contributed by atoms with Crippen LogP contribution in [0.3, 0.4) is 0 Å². The minimum atomic E-state index is -0.441. The fraction of sp³-hybridized carbons (Fsp3) is 0.267. The molecule has 0 saturated carbocycles. The Kier molecular flexibility index (Phi) is 3.03. The molecule has 1 N–H and O–H groups in total. The summed E-state index contributed by atoms with van der Waals surface area (Å²) in [6, 6.07) is 6.13. The van der Waals surface area contributed by atoms with Gasteiger partial charge in [-0.1, -0.05) is 36.6 Å². The van der Waals surface area contributed by atoms with Crippen molar-refractivity contribution in [2.24, 2.45) is 0 Å². The lowest BCUT2D eigenvalue weighted by Crippen LogP contribution is -2.20. The van der Waals surface area contributed by atoms with Crippen molar-refractivity contribution >= 4 is 24.1 Å². The largest absolute Gasteiger partial charge is 0.485 e. The monoisotopic (exact) mass is 253 g/mol. The van der Waals surface area contributed by atoms with Crippen molar-refractivity contribution in [3.8, 4) is 5.75 Å². The summed E-state index contributed by atoms with van der Waals surface area (Å²) in [5, 5.41) is 8.91. The maximum absolute atomic E-state index is 11.5. The van der Waals surface area contributed by atoms with E-state index in [1.54, 1.807) is 6.08 Å². The summed E-state index contributed by atoms with van der Waals surface area (Å²) < 4.78 is 5.92. The first-order valence-corrected chi connectivity index (χ1v) is 6.38. The number of fused-ring (bicyclic) bond motifs is 3. The first kappa shape index (κ1) is 12.2. The second-order valence-corrected chi connectivity index (χ2v) is 4.75. The SMILES string of the molecule is C[B]c1ccc2c(c1)OC1CC(C(=O)CO)=CC=C21. The van der Waals surface area contributed by atoms with E-state index in [1.807, 2.05) is 26.2 Å². The van der Waals surface area contributed by atoms with Crippen molar-refractivity contribution in [1.29, 1.82) is 0 Å². The lowest BCUT2D eigenvalue weighted by Gasteiger charge is -2.17. The first-order valence-electron chi connectivity index (χ1n) is 6.38. The number of Topliss-reactive ketones (excluding diaryl/α,β-unsaturated/α-hetero) is 1. The Balaban J connectivity index is 1.95. The number of hydrogen-bond acceptors (Lipinski definition) is 3. The molecule has 1 heterocycles. The van der Waals surface area contributed by atoms with E-state index in [1.165, 1.54) is 0 Å². The van der Waals surface area contributed by atoms with Crippen LogP contribution in [0.25, 0.3) is 5.57 Å². The number of carbonyl (C=O) groups excluding carboxylic acids is 1. The van der Waals surface area contributed by atoms with E-state index in [9.17, 15) is 4.79 Å². The third kappa shape index (κ3) is 2.02. The molecule has 0 bridgehead atoms. The van der Waals surface area contributed by atoms with Gasteiger partial charge in [0.05, 0.1) is 0 Å². The number of allylic oxidation sites excluding steroid dienone is 2. The Morgan fingerprint density at radius 3 is 3.05 bits per heavy atom. The second-order valence-electron chi connectivity index (χ2n) is 4.75. The highest BCUT2D eigenvalue weighted by molar-refractivity contribution is 6.52. The number of carbonyl (C=O) groups is 1. The molecule has 0 amide bonds. The Hall–Kier alpha value is -1.81. The average Bonchev–Trinajstić information content (AvgIpc) is 2.82. The fourth-order valence-corrected chi connectivity index (χ4v) is 2.56. The molecule has 3 rings (SSSR count). The van der Waals surface area contributed by atoms with Gasteiger partial charge in [-0.15, -0.1) is 0 Å². The molecule has 0 spiro atoms. The molecule has 1 aliphatic heterocycles. The van der Waals surface area contributed by atoms with Gasteiger partial charge in [0, 0.05) is 23.1 Å². The summed E-state index contributed by atoms with van der Waals surface area (Å²) in [5.41, 5.74) is 3.97. The fourth-order valence-electron chi connectivity index (χ4n) is 2.56. The number of hydrogen-bond donors (Lipinski definition) is 1. The third-order valence-electron chi connectivity index (χ3n) is 3.64. The van der Waals surface area contributed by atoms with Crippen molar-refractivity contribution < 1.29 is 14.6 Å². The molecule has 4 heteroatoms. The van der Waals surface area contributed by atoms with Gasteiger partial charge in [-0.3, -0.25) is 4.79 Å². The Bertz CT molecular complexity index is 601. The molecule has 95 valence electrons. The standard InChI is InChI=1S/C15H14BO3/c1-16-10-3-5-12-11-4-2-9(13(18)8-17)6-14(11)19-15(12)7-10/h2-5,7,14,17H,6,8H2,1H3. The average molecular weight is 253 g/mol. The molecule has 19 heavy (non-hydrogen) atoms. The van der Waals surface area contributed by atoms with Crippen molar-refractivity contribution in [3.63, 3.8) is 0 Å². The Labute approximate surface area is 112 Å². The number of aliphatic hydroxyl groups is 1.